The molecule has 23 heavy (non-hydrogen) atoms. The van der Waals surface area contributed by atoms with Gasteiger partial charge in [-0.1, -0.05) is 12.5 Å². The molecule has 0 radical (unpaired) electrons. The highest BCUT2D eigenvalue weighted by Gasteiger charge is 2.16. The van der Waals surface area contributed by atoms with Gasteiger partial charge >= 0.3 is 0 Å². The predicted octanol–water partition coefficient (Wildman–Crippen LogP) is 4.35. The standard InChI is InChI=1S/C18H19ClN4/c19-9-15-12-23-11-14(7-8-18(23)21-15)16-5-2-6-17(22-16)20-10-13-3-1-4-13/h2,5-8,11-13H,1,3-4,9-10H2,(H,20,22). The summed E-state index contributed by atoms with van der Waals surface area (Å²) in [7, 11) is 0. The maximum Gasteiger partial charge on any atom is 0.137 e. The number of pyridine rings is 2. The Balaban J connectivity index is 1.58. The van der Waals surface area contributed by atoms with E-state index >= 15 is 0 Å². The second-order valence-electron chi connectivity index (χ2n) is 6.14. The Labute approximate surface area is 140 Å². The Hall–Kier alpha value is -2.07. The van der Waals surface area contributed by atoms with E-state index in [9.17, 15) is 0 Å². The first-order valence-electron chi connectivity index (χ1n) is 8.07. The molecule has 4 rings (SSSR count). The van der Waals surface area contributed by atoms with E-state index in [0.717, 1.165) is 40.9 Å². The average molecular weight is 327 g/mol. The summed E-state index contributed by atoms with van der Waals surface area (Å²) >= 11 is 5.86. The Morgan fingerprint density at radius 2 is 2.04 bits per heavy atom. The number of imidazole rings is 1. The van der Waals surface area contributed by atoms with Gasteiger partial charge in [0.05, 0.1) is 17.3 Å². The largest absolute Gasteiger partial charge is 0.370 e. The van der Waals surface area contributed by atoms with Crippen LogP contribution in [-0.2, 0) is 5.88 Å². The summed E-state index contributed by atoms with van der Waals surface area (Å²) in [6.07, 6.45) is 8.07. The number of halogens is 1. The fourth-order valence-corrected chi connectivity index (χ4v) is 3.03. The molecule has 1 saturated carbocycles. The Morgan fingerprint density at radius 3 is 2.83 bits per heavy atom. The topological polar surface area (TPSA) is 42.2 Å². The van der Waals surface area contributed by atoms with Crippen molar-refractivity contribution in [3.63, 3.8) is 0 Å². The minimum Gasteiger partial charge on any atom is -0.370 e. The maximum absolute atomic E-state index is 5.86. The van der Waals surface area contributed by atoms with Crippen molar-refractivity contribution in [2.45, 2.75) is 25.1 Å². The second-order valence-corrected chi connectivity index (χ2v) is 6.40. The molecule has 4 nitrogen and oxygen atoms in total. The molecular formula is C18H19ClN4. The van der Waals surface area contributed by atoms with Gasteiger partial charge < -0.3 is 9.72 Å². The summed E-state index contributed by atoms with van der Waals surface area (Å²) in [5.74, 6) is 2.19. The molecule has 3 aromatic heterocycles. The van der Waals surface area contributed by atoms with Gasteiger partial charge in [0.15, 0.2) is 0 Å². The van der Waals surface area contributed by atoms with Crippen molar-refractivity contribution >= 4 is 23.1 Å². The van der Waals surface area contributed by atoms with Gasteiger partial charge in [-0.25, -0.2) is 9.97 Å². The minimum atomic E-state index is 0.426. The van der Waals surface area contributed by atoms with Crippen LogP contribution in [0.2, 0.25) is 0 Å². The number of fused-ring (bicyclic) bond motifs is 1. The van der Waals surface area contributed by atoms with Crippen LogP contribution in [0, 0.1) is 5.92 Å². The number of hydrogen-bond acceptors (Lipinski definition) is 3. The third kappa shape index (κ3) is 3.04. The lowest BCUT2D eigenvalue weighted by Crippen LogP contribution is -2.21. The van der Waals surface area contributed by atoms with Crippen LogP contribution in [0.5, 0.6) is 0 Å². The van der Waals surface area contributed by atoms with Crippen LogP contribution < -0.4 is 5.32 Å². The van der Waals surface area contributed by atoms with E-state index in [0.29, 0.717) is 5.88 Å². The molecule has 0 atom stereocenters. The van der Waals surface area contributed by atoms with Gasteiger partial charge in [-0.2, -0.15) is 0 Å². The van der Waals surface area contributed by atoms with Gasteiger partial charge in [0.2, 0.25) is 0 Å². The number of anilines is 1. The lowest BCUT2D eigenvalue weighted by molar-refractivity contribution is 0.333. The van der Waals surface area contributed by atoms with Gasteiger partial charge in [0, 0.05) is 24.5 Å². The highest BCUT2D eigenvalue weighted by atomic mass is 35.5. The first-order valence-corrected chi connectivity index (χ1v) is 8.60. The van der Waals surface area contributed by atoms with E-state index in [1.165, 1.54) is 19.3 Å². The van der Waals surface area contributed by atoms with E-state index in [2.05, 4.69) is 22.6 Å². The van der Waals surface area contributed by atoms with E-state index < -0.39 is 0 Å². The zero-order valence-electron chi connectivity index (χ0n) is 12.9. The summed E-state index contributed by atoms with van der Waals surface area (Å²) in [4.78, 5) is 9.18. The monoisotopic (exact) mass is 326 g/mol. The number of nitrogens with zero attached hydrogens (tertiary/aromatic N) is 3. The smallest absolute Gasteiger partial charge is 0.137 e. The van der Waals surface area contributed by atoms with Crippen molar-refractivity contribution in [2.75, 3.05) is 11.9 Å². The number of hydrogen-bond donors (Lipinski definition) is 1. The molecule has 0 aromatic carbocycles. The lowest BCUT2D eigenvalue weighted by Gasteiger charge is -2.25. The summed E-state index contributed by atoms with van der Waals surface area (Å²) in [5.41, 5.74) is 3.83. The van der Waals surface area contributed by atoms with Gasteiger partial charge in [0.25, 0.3) is 0 Å². The summed E-state index contributed by atoms with van der Waals surface area (Å²) in [6, 6.07) is 10.2. The SMILES string of the molecule is ClCc1cn2cc(-c3cccc(NCC4CCC4)n3)ccc2n1. The van der Waals surface area contributed by atoms with Crippen LogP contribution in [0.3, 0.4) is 0 Å². The highest BCUT2D eigenvalue weighted by Crippen LogP contribution is 2.26. The molecule has 5 heteroatoms. The van der Waals surface area contributed by atoms with Gasteiger partial charge in [-0.05, 0) is 43.0 Å². The Bertz CT molecular complexity index is 823. The first-order chi connectivity index (χ1) is 11.3. The van der Waals surface area contributed by atoms with Crippen molar-refractivity contribution in [3.8, 4) is 11.3 Å². The van der Waals surface area contributed by atoms with E-state index in [1.807, 2.05) is 34.9 Å². The molecular weight excluding hydrogens is 308 g/mol. The van der Waals surface area contributed by atoms with Crippen LogP contribution in [0.1, 0.15) is 25.0 Å². The first kappa shape index (κ1) is 14.5. The number of nitrogens with one attached hydrogen (secondary N) is 1. The summed E-state index contributed by atoms with van der Waals surface area (Å²) in [5, 5.41) is 3.46. The molecule has 118 valence electrons. The Kier molecular flexibility index (Phi) is 3.92. The van der Waals surface area contributed by atoms with Gasteiger partial charge in [-0.15, -0.1) is 11.6 Å². The molecule has 1 aliphatic rings. The number of alkyl halides is 1. The second kappa shape index (κ2) is 6.20. The summed E-state index contributed by atoms with van der Waals surface area (Å²) in [6.45, 7) is 1.02. The van der Waals surface area contributed by atoms with E-state index in [4.69, 9.17) is 16.6 Å². The predicted molar refractivity (Wildman–Crippen MR) is 93.8 cm³/mol. The number of rotatable bonds is 5. The molecule has 1 fully saturated rings. The van der Waals surface area contributed by atoms with Gasteiger partial charge in [-0.3, -0.25) is 0 Å². The van der Waals surface area contributed by atoms with E-state index in [1.54, 1.807) is 0 Å². The normalized spacial score (nSPS) is 14.8. The van der Waals surface area contributed by atoms with Crippen molar-refractivity contribution in [3.05, 3.63) is 48.4 Å². The Morgan fingerprint density at radius 1 is 1.13 bits per heavy atom. The minimum absolute atomic E-state index is 0.426. The fourth-order valence-electron chi connectivity index (χ4n) is 2.90. The molecule has 1 aliphatic carbocycles. The van der Waals surface area contributed by atoms with Crippen LogP contribution >= 0.6 is 11.6 Å². The van der Waals surface area contributed by atoms with Crippen molar-refractivity contribution < 1.29 is 0 Å². The molecule has 3 heterocycles. The molecule has 0 bridgehead atoms. The molecule has 0 amide bonds. The van der Waals surface area contributed by atoms with Crippen molar-refractivity contribution in [2.24, 2.45) is 5.92 Å². The van der Waals surface area contributed by atoms with E-state index in [-0.39, 0.29) is 0 Å². The molecule has 0 saturated heterocycles. The van der Waals surface area contributed by atoms with Crippen molar-refractivity contribution in [1.29, 1.82) is 0 Å². The van der Waals surface area contributed by atoms with Crippen molar-refractivity contribution in [1.82, 2.24) is 14.4 Å². The van der Waals surface area contributed by atoms with Gasteiger partial charge in [0.1, 0.15) is 11.5 Å². The zero-order chi connectivity index (χ0) is 15.6. The molecule has 0 unspecified atom stereocenters. The average Bonchev–Trinajstić information content (AvgIpc) is 2.96. The highest BCUT2D eigenvalue weighted by molar-refractivity contribution is 6.16. The summed E-state index contributed by atoms with van der Waals surface area (Å²) < 4.78 is 2.00. The maximum atomic E-state index is 5.86. The third-order valence-electron chi connectivity index (χ3n) is 4.48. The molecule has 3 aromatic rings. The number of aromatic nitrogens is 3. The quantitative estimate of drug-likeness (QED) is 0.709. The van der Waals surface area contributed by atoms with Crippen LogP contribution in [-0.4, -0.2) is 20.9 Å². The molecule has 0 spiro atoms. The fraction of sp³-hybridized carbons (Fsp3) is 0.333. The molecule has 0 aliphatic heterocycles. The van der Waals surface area contributed by atoms with Crippen LogP contribution in [0.15, 0.2) is 42.7 Å². The lowest BCUT2D eigenvalue weighted by atomic mass is 9.85. The third-order valence-corrected chi connectivity index (χ3v) is 4.75. The van der Waals surface area contributed by atoms with Crippen LogP contribution in [0.25, 0.3) is 16.9 Å². The zero-order valence-corrected chi connectivity index (χ0v) is 13.6. The van der Waals surface area contributed by atoms with Crippen LogP contribution in [0.4, 0.5) is 5.82 Å². The molecule has 1 N–H and O–H groups in total.